The van der Waals surface area contributed by atoms with Crippen molar-refractivity contribution in [1.82, 2.24) is 110 Å². The monoisotopic (exact) mass is 1830 g/mol. The second-order valence-electron chi connectivity index (χ2n) is 36.7. The minimum atomic E-state index is -0.290. The van der Waals surface area contributed by atoms with Gasteiger partial charge in [0.2, 0.25) is 0 Å². The highest BCUT2D eigenvalue weighted by Crippen LogP contribution is 2.34. The Labute approximate surface area is 797 Å². The molecule has 11 aromatic heterocycles. The first-order chi connectivity index (χ1) is 66.6. The first-order valence-electron chi connectivity index (χ1n) is 46.8. The molecule has 32 nitrogen and oxygen atoms in total. The van der Waals surface area contributed by atoms with Crippen molar-refractivity contribution in [3.8, 4) is 44.5 Å². The second kappa shape index (κ2) is 44.1. The predicted molar refractivity (Wildman–Crippen MR) is 543 cm³/mol. The summed E-state index contributed by atoms with van der Waals surface area (Å²) in [6.45, 7) is 16.0. The first-order valence-corrected chi connectivity index (χ1v) is 46.8. The van der Waals surface area contributed by atoms with E-state index in [1.54, 1.807) is 18.6 Å². The molecule has 20 rings (SSSR count). The number of anilines is 6. The third-order valence-electron chi connectivity index (χ3n) is 24.7. The summed E-state index contributed by atoms with van der Waals surface area (Å²) in [6, 6.07) is 52.0. The van der Waals surface area contributed by atoms with Gasteiger partial charge in [-0.05, 0) is 285 Å². The van der Waals surface area contributed by atoms with Gasteiger partial charge in [0.1, 0.15) is 11.6 Å². The van der Waals surface area contributed by atoms with E-state index in [-0.39, 0.29) is 23.6 Å². The molecular weight excluding hydrogens is 1720 g/mol. The third-order valence-corrected chi connectivity index (χ3v) is 24.7. The van der Waals surface area contributed by atoms with Crippen LogP contribution in [0.4, 0.5) is 34.4 Å². The molecule has 4 aliphatic heterocycles. The van der Waals surface area contributed by atoms with E-state index in [1.165, 1.54) is 56.1 Å². The van der Waals surface area contributed by atoms with Gasteiger partial charge in [0.15, 0.2) is 22.8 Å². The highest BCUT2D eigenvalue weighted by atomic mass is 16.2. The third kappa shape index (κ3) is 24.5. The number of carbonyl (C=O) groups is 4. The van der Waals surface area contributed by atoms with Crippen LogP contribution < -0.4 is 31.1 Å². The van der Waals surface area contributed by atoms with E-state index in [0.29, 0.717) is 39.8 Å². The summed E-state index contributed by atoms with van der Waals surface area (Å²) in [6.07, 6.45) is 28.9. The number of benzene rings is 5. The van der Waals surface area contributed by atoms with E-state index < -0.39 is 0 Å². The van der Waals surface area contributed by atoms with Crippen molar-refractivity contribution < 1.29 is 19.2 Å². The van der Waals surface area contributed by atoms with E-state index in [1.807, 2.05) is 232 Å². The van der Waals surface area contributed by atoms with Gasteiger partial charge in [0, 0.05) is 192 Å². The van der Waals surface area contributed by atoms with Crippen molar-refractivity contribution in [3.63, 3.8) is 0 Å². The predicted octanol–water partition coefficient (Wildman–Crippen LogP) is 15.9. The topological polar surface area (TPSA) is 351 Å². The van der Waals surface area contributed by atoms with Gasteiger partial charge in [-0.3, -0.25) is 79.2 Å². The Morgan fingerprint density at radius 2 is 0.686 bits per heavy atom. The molecule has 0 unspecified atom stereocenters. The molecule has 15 heterocycles. The molecule has 137 heavy (non-hydrogen) atoms. The molecule has 0 bridgehead atoms. The summed E-state index contributed by atoms with van der Waals surface area (Å²) >= 11 is 0. The number of piperazine rings is 1. The van der Waals surface area contributed by atoms with Crippen LogP contribution in [0, 0.1) is 0 Å². The normalized spacial score (nSPS) is 14.3. The lowest BCUT2D eigenvalue weighted by Crippen LogP contribution is -2.43. The Morgan fingerprint density at radius 1 is 0.314 bits per heavy atom. The molecule has 0 atom stereocenters. The minimum Gasteiger partial charge on any atom is -0.363 e. The highest BCUT2D eigenvalue weighted by Gasteiger charge is 2.25. The summed E-state index contributed by atoms with van der Waals surface area (Å²) in [5.41, 5.74) is 22.3. The number of nitrogens with zero attached hydrogens (tertiary/aromatic N) is 20. The molecule has 4 saturated heterocycles. The van der Waals surface area contributed by atoms with Crippen molar-refractivity contribution in [2.75, 3.05) is 160 Å². The summed E-state index contributed by atoms with van der Waals surface area (Å²) in [4.78, 5) is 103. The lowest BCUT2D eigenvalue weighted by atomic mass is 10.0. The number of likely N-dealkylation sites (N-methyl/N-ethyl adjacent to an activating group) is 1. The number of pyridine rings is 7. The number of amides is 4. The highest BCUT2D eigenvalue weighted by molar-refractivity contribution is 6.14. The quantitative estimate of drug-likeness (QED) is 0.0250. The number of aromatic amines is 4. The van der Waals surface area contributed by atoms with E-state index >= 15 is 0 Å². The summed E-state index contributed by atoms with van der Waals surface area (Å²) in [7, 11) is 18.2. The number of fused-ring (bicyclic) bond motifs is 4. The SMILES string of the molecule is CN(C)Cc1cncc(-c2ccc3[nH]nc(C(=O)Nc4ccc(N(C)C)nc4)c3c2)c1.CN(C)Cc1cncc(-c2ccc3[nH]nc(C(=O)Nc4ccc(N5CCCCC5)nc4)c3c2)c1.CN(C)Cc1cncc(-c2ccc3[nH]nc(C(=O)Nc4cccc(CN5CCN(C)CC5)c4)c3c2)c1.O=C(Nc1ccc(CN2CCC2)nc1)c1n[nH]c2ccc(-c3cncc(CN4CCCCC4)c3)cc12. The van der Waals surface area contributed by atoms with Crippen LogP contribution in [0.1, 0.15) is 120 Å². The molecule has 702 valence electrons. The zero-order chi connectivity index (χ0) is 94.8. The Kier molecular flexibility index (Phi) is 30.3. The number of nitrogens with one attached hydrogen (secondary N) is 8. The number of hydrogen-bond acceptors (Lipinski definition) is 24. The molecule has 4 aliphatic rings. The zero-order valence-corrected chi connectivity index (χ0v) is 79.2. The number of likely N-dealkylation sites (tertiary alicyclic amines) is 2. The lowest BCUT2D eigenvalue weighted by Gasteiger charge is -2.32. The molecule has 0 aliphatic carbocycles. The van der Waals surface area contributed by atoms with E-state index in [9.17, 15) is 19.2 Å². The van der Waals surface area contributed by atoms with Crippen LogP contribution in [0.25, 0.3) is 88.1 Å². The van der Waals surface area contributed by atoms with E-state index in [0.717, 1.165) is 233 Å². The fraction of sp³-hybridized carbons (Fsp3) is 0.305. The summed E-state index contributed by atoms with van der Waals surface area (Å²) in [5.74, 6) is 0.732. The maximum Gasteiger partial charge on any atom is 0.276 e. The van der Waals surface area contributed by atoms with Gasteiger partial charge in [0.05, 0.1) is 63.4 Å². The Bertz CT molecular complexity index is 6840. The Morgan fingerprint density at radius 3 is 1.07 bits per heavy atom. The van der Waals surface area contributed by atoms with Crippen molar-refractivity contribution in [2.45, 2.75) is 84.2 Å². The maximum absolute atomic E-state index is 13.2. The van der Waals surface area contributed by atoms with Gasteiger partial charge in [0.25, 0.3) is 23.6 Å². The fourth-order valence-electron chi connectivity index (χ4n) is 17.5. The molecule has 8 N–H and O–H groups in total. The van der Waals surface area contributed by atoms with Gasteiger partial charge in [-0.2, -0.15) is 20.4 Å². The van der Waals surface area contributed by atoms with Crippen molar-refractivity contribution >= 4 is 102 Å². The summed E-state index contributed by atoms with van der Waals surface area (Å²) in [5, 5.41) is 44.0. The van der Waals surface area contributed by atoms with Crippen molar-refractivity contribution in [1.29, 1.82) is 0 Å². The lowest BCUT2D eigenvalue weighted by molar-refractivity contribution is 0.101. The molecule has 5 aromatic carbocycles. The van der Waals surface area contributed by atoms with Gasteiger partial charge in [-0.15, -0.1) is 0 Å². The molecule has 0 radical (unpaired) electrons. The minimum absolute atomic E-state index is 0.227. The molecule has 4 fully saturated rings. The van der Waals surface area contributed by atoms with E-state index in [2.05, 4.69) is 180 Å². The zero-order valence-electron chi connectivity index (χ0n) is 79.2. The average Bonchev–Trinajstić information content (AvgIpc) is 1.69. The van der Waals surface area contributed by atoms with Gasteiger partial charge in [-0.25, -0.2) is 9.97 Å². The number of rotatable bonds is 26. The molecule has 16 aromatic rings. The maximum atomic E-state index is 13.2. The van der Waals surface area contributed by atoms with Crippen LogP contribution in [-0.2, 0) is 39.3 Å². The molecular formula is C105H118N28O4. The fourth-order valence-corrected chi connectivity index (χ4v) is 17.5. The molecule has 0 spiro atoms. The van der Waals surface area contributed by atoms with Crippen molar-refractivity contribution in [3.05, 3.63) is 282 Å². The van der Waals surface area contributed by atoms with E-state index in [4.69, 9.17) is 0 Å². The van der Waals surface area contributed by atoms with Crippen molar-refractivity contribution in [2.24, 2.45) is 0 Å². The smallest absolute Gasteiger partial charge is 0.276 e. The van der Waals surface area contributed by atoms with Crippen LogP contribution in [0.3, 0.4) is 0 Å². The summed E-state index contributed by atoms with van der Waals surface area (Å²) < 4.78 is 0. The first kappa shape index (κ1) is 94.0. The molecule has 32 heteroatoms. The van der Waals surface area contributed by atoms with Gasteiger partial charge < -0.3 is 50.7 Å². The van der Waals surface area contributed by atoms with Crippen LogP contribution in [-0.4, -0.2) is 262 Å². The van der Waals surface area contributed by atoms with Crippen LogP contribution in [0.5, 0.6) is 0 Å². The van der Waals surface area contributed by atoms with Gasteiger partial charge in [-0.1, -0.05) is 42.8 Å². The number of carbonyl (C=O) groups excluding carboxylic acids is 4. The standard InChI is InChI=1S/C28H31N7O.C28H33N7O.C26H29N7O.C23H25N7O/c36-28(31-23-6-7-24(30-17-23)19-35-11-4-12-35)27-25-14-21(5-8-26(25)32-33-27)22-13-20(15-29-16-22)18-34-9-2-1-3-10-34;1-33(2)18-21-13-23(17-29-16-21)22-7-8-26-25(15-22)27(32-31-26)28(36)30-24-6-4-5-20(14-24)19-35-11-9-34(3)10-12-35;1-32(2)17-18-12-20(15-27-14-18)19-6-8-23-22(13-19)25(31-30-23)26(34)29-21-7-9-24(28-16-21)33-10-4-3-5-11-33;1-29(2)14-15-9-17(12-24-11-15)16-5-7-20-19(10-16)22(28-27-20)23(31)26-18-6-8-21(25-13-18)30(3)4/h5-8,13-17H,1-4,9-12,18-19H2,(H,31,36)(H,32,33);4-8,13-17H,9-12,18-19H2,1-3H3,(H,30,36)(H,31,32);6-9,12-16H,3-5,10-11,17H2,1-2H3,(H,29,34)(H,30,31);5-13H,14H2,1-4H3,(H,26,31)(H,27,28). The second-order valence-corrected chi connectivity index (χ2v) is 36.7. The number of H-pyrrole nitrogens is 4. The van der Waals surface area contributed by atoms with Crippen LogP contribution >= 0.6 is 0 Å². The van der Waals surface area contributed by atoms with Crippen LogP contribution in [0.15, 0.2) is 226 Å². The average molecular weight is 1840 g/mol. The Balaban J connectivity index is 0.000000127. The largest absolute Gasteiger partial charge is 0.363 e. The molecule has 0 saturated carbocycles. The van der Waals surface area contributed by atoms with Gasteiger partial charge >= 0.3 is 0 Å². The number of hydrogen-bond donors (Lipinski definition) is 8. The molecule has 4 amide bonds. The number of piperidine rings is 2. The number of aromatic nitrogens is 15. The Hall–Kier alpha value is -14.8. The van der Waals surface area contributed by atoms with Crippen LogP contribution in [0.2, 0.25) is 0 Å².